The van der Waals surface area contributed by atoms with Gasteiger partial charge in [0.15, 0.2) is 0 Å². The van der Waals surface area contributed by atoms with Crippen LogP contribution < -0.4 is 21.7 Å². The maximum absolute atomic E-state index is 12.7. The van der Waals surface area contributed by atoms with Crippen molar-refractivity contribution in [1.82, 2.24) is 15.5 Å². The smallest absolute Gasteiger partial charge is 0.251 e. The zero-order valence-corrected chi connectivity index (χ0v) is 18.6. The van der Waals surface area contributed by atoms with E-state index < -0.39 is 0 Å². The van der Waals surface area contributed by atoms with Crippen molar-refractivity contribution in [3.8, 4) is 11.1 Å². The Balaban J connectivity index is 1.32. The summed E-state index contributed by atoms with van der Waals surface area (Å²) in [4.78, 5) is 28.0. The first-order valence-corrected chi connectivity index (χ1v) is 11.9. The second-order valence-corrected chi connectivity index (χ2v) is 9.38. The summed E-state index contributed by atoms with van der Waals surface area (Å²) in [5.74, 6) is -0.242. The monoisotopic (exact) mass is 449 g/mol. The number of carbonyl (C=O) groups excluding carboxylic acids is 2. The molecule has 1 fully saturated rings. The van der Waals surface area contributed by atoms with Gasteiger partial charge in [0.05, 0.1) is 29.9 Å². The second kappa shape index (κ2) is 8.90. The van der Waals surface area contributed by atoms with Crippen LogP contribution in [0.1, 0.15) is 40.7 Å². The van der Waals surface area contributed by atoms with Gasteiger partial charge in [0, 0.05) is 28.7 Å². The number of hydrogen-bond acceptors (Lipinski definition) is 6. The molecule has 0 aliphatic carbocycles. The van der Waals surface area contributed by atoms with Gasteiger partial charge in [0.2, 0.25) is 5.91 Å². The number of carbonyl (C=O) groups is 2. The van der Waals surface area contributed by atoms with Gasteiger partial charge in [-0.25, -0.2) is 0 Å². The Morgan fingerprint density at radius 1 is 1.09 bits per heavy atom. The van der Waals surface area contributed by atoms with E-state index in [1.54, 1.807) is 17.4 Å². The van der Waals surface area contributed by atoms with E-state index in [2.05, 4.69) is 34.1 Å². The molecule has 2 aliphatic rings. The van der Waals surface area contributed by atoms with E-state index in [1.165, 1.54) is 6.42 Å². The molecule has 0 spiro atoms. The molecule has 8 heteroatoms. The molecule has 3 aromatic rings. The van der Waals surface area contributed by atoms with Gasteiger partial charge in [-0.3, -0.25) is 14.9 Å². The first-order valence-electron chi connectivity index (χ1n) is 11.1. The predicted molar refractivity (Wildman–Crippen MR) is 129 cm³/mol. The number of likely N-dealkylation sites (tertiary alicyclic amines) is 1. The summed E-state index contributed by atoms with van der Waals surface area (Å²) in [6.45, 7) is 2.26. The molecule has 5 rings (SSSR count). The van der Waals surface area contributed by atoms with Crippen LogP contribution in [0.5, 0.6) is 0 Å². The molecular weight excluding hydrogens is 422 g/mol. The highest BCUT2D eigenvalue weighted by Gasteiger charge is 2.21. The van der Waals surface area contributed by atoms with E-state index in [9.17, 15) is 9.59 Å². The van der Waals surface area contributed by atoms with Gasteiger partial charge < -0.3 is 21.3 Å². The number of anilines is 1. The van der Waals surface area contributed by atoms with Crippen LogP contribution in [0.3, 0.4) is 0 Å². The first-order chi connectivity index (χ1) is 15.6. The van der Waals surface area contributed by atoms with Crippen molar-refractivity contribution in [2.24, 2.45) is 5.73 Å². The van der Waals surface area contributed by atoms with Crippen LogP contribution in [0.15, 0.2) is 42.5 Å². The fourth-order valence-electron chi connectivity index (χ4n) is 4.39. The van der Waals surface area contributed by atoms with Crippen LogP contribution in [-0.2, 0) is 4.79 Å². The lowest BCUT2D eigenvalue weighted by Crippen LogP contribution is -2.42. The summed E-state index contributed by atoms with van der Waals surface area (Å²) in [5, 5.41) is 10.5. The largest absolute Gasteiger partial charge is 0.371 e. The third kappa shape index (κ3) is 4.09. The minimum Gasteiger partial charge on any atom is -0.371 e. The van der Waals surface area contributed by atoms with Crippen molar-refractivity contribution in [2.75, 3.05) is 31.6 Å². The lowest BCUT2D eigenvalue weighted by atomic mass is 10.0. The first kappa shape index (κ1) is 20.9. The number of nitrogens with two attached hydrogens (primary N) is 1. The Kier molecular flexibility index (Phi) is 5.82. The van der Waals surface area contributed by atoms with Gasteiger partial charge in [-0.15, -0.1) is 11.3 Å². The molecule has 2 aromatic carbocycles. The molecule has 0 saturated carbocycles. The lowest BCUT2D eigenvalue weighted by Gasteiger charge is -2.26. The Bertz CT molecular complexity index is 1170. The van der Waals surface area contributed by atoms with Crippen LogP contribution >= 0.6 is 11.3 Å². The Morgan fingerprint density at radius 3 is 2.75 bits per heavy atom. The Labute approximate surface area is 191 Å². The number of piperidine rings is 1. The molecule has 2 aliphatic heterocycles. The molecule has 5 N–H and O–H groups in total. The third-order valence-corrected chi connectivity index (χ3v) is 7.39. The average Bonchev–Trinajstić information content (AvgIpc) is 3.22. The summed E-state index contributed by atoms with van der Waals surface area (Å²) in [7, 11) is 0. The summed E-state index contributed by atoms with van der Waals surface area (Å²) in [5.41, 5.74) is 9.85. The van der Waals surface area contributed by atoms with Crippen LogP contribution in [0, 0.1) is 0 Å². The van der Waals surface area contributed by atoms with E-state index in [4.69, 9.17) is 5.73 Å². The maximum atomic E-state index is 12.7. The fraction of sp³-hybridized carbons (Fsp3) is 0.333. The second-order valence-electron chi connectivity index (χ2n) is 8.29. The zero-order valence-electron chi connectivity index (χ0n) is 17.8. The van der Waals surface area contributed by atoms with E-state index >= 15 is 0 Å². The molecule has 166 valence electrons. The highest BCUT2D eigenvalue weighted by atomic mass is 32.1. The topological polar surface area (TPSA) is 99.5 Å². The quantitative estimate of drug-likeness (QED) is 0.490. The number of nitrogens with one attached hydrogen (secondary N) is 3. The molecule has 7 nitrogen and oxygen atoms in total. The molecule has 1 saturated heterocycles. The number of nitrogens with zero attached hydrogens (tertiary/aromatic N) is 1. The number of benzene rings is 2. The number of thiophene rings is 1. The highest BCUT2D eigenvalue weighted by Crippen LogP contribution is 2.41. The van der Waals surface area contributed by atoms with E-state index in [1.807, 2.05) is 23.1 Å². The molecule has 32 heavy (non-hydrogen) atoms. The van der Waals surface area contributed by atoms with Gasteiger partial charge in [-0.05, 0) is 48.6 Å². The number of rotatable bonds is 4. The molecule has 1 unspecified atom stereocenters. The molecule has 1 aromatic heterocycles. The predicted octanol–water partition coefficient (Wildman–Crippen LogP) is 3.24. The van der Waals surface area contributed by atoms with Gasteiger partial charge >= 0.3 is 0 Å². The Morgan fingerprint density at radius 2 is 1.91 bits per heavy atom. The highest BCUT2D eigenvalue weighted by molar-refractivity contribution is 7.20. The summed E-state index contributed by atoms with van der Waals surface area (Å²) < 4.78 is 1.15. The standard InChI is InChI=1S/C24H27N5O2S/c25-23-22-21(27-14-28-23)18-8-7-16(12-19(18)32-22)15-5-4-6-17(11-15)24(31)26-13-20(30)29-9-2-1-3-10-29/h4-8,11-12,23,27-28H,1-3,9-10,13-14,25H2,(H,26,31). The average molecular weight is 450 g/mol. The van der Waals surface area contributed by atoms with Gasteiger partial charge in [0.1, 0.15) is 0 Å². The molecular formula is C24H27N5O2S. The van der Waals surface area contributed by atoms with E-state index in [-0.39, 0.29) is 24.5 Å². The molecule has 1 atom stereocenters. The van der Waals surface area contributed by atoms with Gasteiger partial charge in [-0.1, -0.05) is 24.3 Å². The lowest BCUT2D eigenvalue weighted by molar-refractivity contribution is -0.130. The molecule has 0 bridgehead atoms. The van der Waals surface area contributed by atoms with Crippen LogP contribution in [0.4, 0.5) is 5.69 Å². The van der Waals surface area contributed by atoms with Crippen molar-refractivity contribution in [1.29, 1.82) is 0 Å². The number of amides is 2. The Hall–Kier alpha value is -2.94. The number of fused-ring (bicyclic) bond motifs is 3. The van der Waals surface area contributed by atoms with Crippen LogP contribution in [-0.4, -0.2) is 43.0 Å². The van der Waals surface area contributed by atoms with E-state index in [0.717, 1.165) is 57.7 Å². The van der Waals surface area contributed by atoms with Crippen molar-refractivity contribution in [3.05, 3.63) is 52.9 Å². The van der Waals surface area contributed by atoms with Crippen LogP contribution in [0.25, 0.3) is 21.2 Å². The SMILES string of the molecule is NC1NCNc2c1sc1cc(-c3cccc(C(=O)NCC(=O)N4CCCCC4)c3)ccc21. The van der Waals surface area contributed by atoms with Gasteiger partial charge in [-0.2, -0.15) is 0 Å². The minimum absolute atomic E-state index is 0.0115. The number of hydrogen-bond donors (Lipinski definition) is 4. The van der Waals surface area contributed by atoms with Crippen molar-refractivity contribution in [3.63, 3.8) is 0 Å². The maximum Gasteiger partial charge on any atom is 0.251 e. The van der Waals surface area contributed by atoms with Crippen molar-refractivity contribution >= 4 is 38.9 Å². The van der Waals surface area contributed by atoms with Crippen molar-refractivity contribution in [2.45, 2.75) is 25.4 Å². The molecule has 0 radical (unpaired) electrons. The van der Waals surface area contributed by atoms with E-state index in [0.29, 0.717) is 12.2 Å². The summed E-state index contributed by atoms with van der Waals surface area (Å²) >= 11 is 1.68. The normalized spacial score (nSPS) is 18.2. The molecule has 2 amide bonds. The zero-order chi connectivity index (χ0) is 22.1. The molecule has 3 heterocycles. The summed E-state index contributed by atoms with van der Waals surface area (Å²) in [6, 6.07) is 13.8. The van der Waals surface area contributed by atoms with Crippen molar-refractivity contribution < 1.29 is 9.59 Å². The summed E-state index contributed by atoms with van der Waals surface area (Å²) in [6.07, 6.45) is 3.09. The minimum atomic E-state index is -0.230. The fourth-order valence-corrected chi connectivity index (χ4v) is 5.59. The van der Waals surface area contributed by atoms with Crippen LogP contribution in [0.2, 0.25) is 0 Å². The third-order valence-electron chi connectivity index (χ3n) is 6.15. The van der Waals surface area contributed by atoms with Gasteiger partial charge in [0.25, 0.3) is 5.91 Å².